The normalized spacial score (nSPS) is 11.5. The van der Waals surface area contributed by atoms with Crippen molar-refractivity contribution in [3.63, 3.8) is 0 Å². The minimum absolute atomic E-state index is 0.0955. The van der Waals surface area contributed by atoms with Crippen LogP contribution in [0.25, 0.3) is 0 Å². The summed E-state index contributed by atoms with van der Waals surface area (Å²) < 4.78 is 5.06. The van der Waals surface area contributed by atoms with Crippen LogP contribution in [0, 0.1) is 0 Å². The molecule has 0 bridgehead atoms. The first-order valence-electron chi connectivity index (χ1n) is 5.57. The molecule has 5 heteroatoms. The van der Waals surface area contributed by atoms with Gasteiger partial charge in [0.15, 0.2) is 0 Å². The fourth-order valence-electron chi connectivity index (χ4n) is 1.40. The molecule has 1 rings (SSSR count). The average Bonchev–Trinajstić information content (AvgIpc) is 2.36. The van der Waals surface area contributed by atoms with E-state index < -0.39 is 0 Å². The lowest BCUT2D eigenvalue weighted by Crippen LogP contribution is -2.37. The predicted octanol–water partition coefficient (Wildman–Crippen LogP) is 2.45. The fraction of sp³-hybridized carbons (Fsp3) is 0.308. The second kappa shape index (κ2) is 6.91. The molecule has 0 saturated heterocycles. The molecule has 0 aliphatic heterocycles. The molecule has 98 valence electrons. The Labute approximate surface area is 112 Å². The smallest absolute Gasteiger partial charge is 0.242 e. The van der Waals surface area contributed by atoms with Gasteiger partial charge in [-0.2, -0.15) is 0 Å². The third kappa shape index (κ3) is 3.96. The predicted molar refractivity (Wildman–Crippen MR) is 74.3 cm³/mol. The summed E-state index contributed by atoms with van der Waals surface area (Å²) >= 11 is 6.00. The lowest BCUT2D eigenvalue weighted by atomic mass is 10.2. The summed E-state index contributed by atoms with van der Waals surface area (Å²) in [5, 5.41) is 6.27. The van der Waals surface area contributed by atoms with E-state index >= 15 is 0 Å². The van der Waals surface area contributed by atoms with E-state index in [0.717, 1.165) is 5.69 Å². The van der Waals surface area contributed by atoms with Crippen molar-refractivity contribution in [3.05, 3.63) is 35.9 Å². The van der Waals surface area contributed by atoms with Crippen molar-refractivity contribution in [1.29, 1.82) is 0 Å². The largest absolute Gasteiger partial charge is 0.495 e. The number of ether oxygens (including phenoxy) is 1. The van der Waals surface area contributed by atoms with Crippen LogP contribution >= 0.6 is 11.6 Å². The summed E-state index contributed by atoms with van der Waals surface area (Å²) in [4.78, 5) is 11.6. The maximum atomic E-state index is 11.6. The van der Waals surface area contributed by atoms with Gasteiger partial charge in [-0.25, -0.2) is 0 Å². The second-order valence-electron chi connectivity index (χ2n) is 3.75. The van der Waals surface area contributed by atoms with Gasteiger partial charge in [0.2, 0.25) is 5.91 Å². The van der Waals surface area contributed by atoms with Crippen LogP contribution in [0.4, 0.5) is 5.69 Å². The third-order valence-electron chi connectivity index (χ3n) is 2.35. The van der Waals surface area contributed by atoms with Gasteiger partial charge in [-0.3, -0.25) is 4.79 Å². The third-order valence-corrected chi connectivity index (χ3v) is 2.64. The zero-order chi connectivity index (χ0) is 13.5. The molecule has 0 saturated carbocycles. The number of anilines is 1. The lowest BCUT2D eigenvalue weighted by Gasteiger charge is -2.15. The van der Waals surface area contributed by atoms with Gasteiger partial charge < -0.3 is 15.4 Å². The van der Waals surface area contributed by atoms with E-state index in [1.807, 2.05) is 6.07 Å². The van der Waals surface area contributed by atoms with E-state index in [9.17, 15) is 4.79 Å². The monoisotopic (exact) mass is 268 g/mol. The standard InChI is InChI=1S/C13H17ClN2O2/c1-4-7-15-13(17)9(2)16-10-5-6-12(18-3)11(14)8-10/h4-6,8-9,16H,1,7H2,2-3H3,(H,15,17). The molecule has 18 heavy (non-hydrogen) atoms. The SMILES string of the molecule is C=CCNC(=O)C(C)Nc1ccc(OC)c(Cl)c1. The zero-order valence-electron chi connectivity index (χ0n) is 10.5. The molecule has 0 spiro atoms. The van der Waals surface area contributed by atoms with Crippen molar-refractivity contribution in [1.82, 2.24) is 5.32 Å². The number of benzene rings is 1. The maximum Gasteiger partial charge on any atom is 0.242 e. The Morgan fingerprint density at radius 3 is 2.89 bits per heavy atom. The van der Waals surface area contributed by atoms with Gasteiger partial charge in [0.1, 0.15) is 11.8 Å². The molecule has 0 aromatic heterocycles. The highest BCUT2D eigenvalue weighted by Gasteiger charge is 2.12. The second-order valence-corrected chi connectivity index (χ2v) is 4.16. The van der Waals surface area contributed by atoms with Crippen molar-refractivity contribution in [2.75, 3.05) is 19.0 Å². The number of hydrogen-bond donors (Lipinski definition) is 2. The van der Waals surface area contributed by atoms with E-state index in [2.05, 4.69) is 17.2 Å². The molecular weight excluding hydrogens is 252 g/mol. The highest BCUT2D eigenvalue weighted by atomic mass is 35.5. The summed E-state index contributed by atoms with van der Waals surface area (Å²) in [5.74, 6) is 0.507. The molecule has 0 fully saturated rings. The fourth-order valence-corrected chi connectivity index (χ4v) is 1.66. The Kier molecular flexibility index (Phi) is 5.52. The molecule has 2 N–H and O–H groups in total. The van der Waals surface area contributed by atoms with E-state index in [1.54, 1.807) is 32.2 Å². The van der Waals surface area contributed by atoms with Crippen molar-refractivity contribution in [2.24, 2.45) is 0 Å². The van der Waals surface area contributed by atoms with Crippen molar-refractivity contribution < 1.29 is 9.53 Å². The Bertz CT molecular complexity index is 435. The summed E-state index contributed by atoms with van der Waals surface area (Å²) in [7, 11) is 1.56. The van der Waals surface area contributed by atoms with Crippen molar-refractivity contribution in [3.8, 4) is 5.75 Å². The first-order valence-corrected chi connectivity index (χ1v) is 5.95. The van der Waals surface area contributed by atoms with E-state index in [0.29, 0.717) is 17.3 Å². The number of carbonyl (C=O) groups excluding carboxylic acids is 1. The molecular formula is C13H17ClN2O2. The Morgan fingerprint density at radius 2 is 2.33 bits per heavy atom. The molecule has 0 radical (unpaired) electrons. The summed E-state index contributed by atoms with van der Waals surface area (Å²) in [6.07, 6.45) is 1.63. The van der Waals surface area contributed by atoms with Crippen LogP contribution in [-0.2, 0) is 4.79 Å². The highest BCUT2D eigenvalue weighted by molar-refractivity contribution is 6.32. The summed E-state index contributed by atoms with van der Waals surface area (Å²) in [6, 6.07) is 4.92. The molecule has 1 amide bonds. The minimum atomic E-state index is -0.352. The topological polar surface area (TPSA) is 50.4 Å². The quantitative estimate of drug-likeness (QED) is 0.779. The van der Waals surface area contributed by atoms with Crippen molar-refractivity contribution >= 4 is 23.2 Å². The van der Waals surface area contributed by atoms with Crippen LogP contribution in [-0.4, -0.2) is 25.6 Å². The van der Waals surface area contributed by atoms with Crippen LogP contribution in [0.5, 0.6) is 5.75 Å². The molecule has 1 aromatic carbocycles. The number of amides is 1. The van der Waals surface area contributed by atoms with Crippen LogP contribution in [0.1, 0.15) is 6.92 Å². The Morgan fingerprint density at radius 1 is 1.61 bits per heavy atom. The molecule has 1 unspecified atom stereocenters. The van der Waals surface area contributed by atoms with Gasteiger partial charge in [-0.15, -0.1) is 6.58 Å². The number of hydrogen-bond acceptors (Lipinski definition) is 3. The van der Waals surface area contributed by atoms with E-state index in [-0.39, 0.29) is 11.9 Å². The van der Waals surface area contributed by atoms with Gasteiger partial charge in [0, 0.05) is 12.2 Å². The lowest BCUT2D eigenvalue weighted by molar-refractivity contribution is -0.121. The summed E-state index contributed by atoms with van der Waals surface area (Å²) in [6.45, 7) is 5.77. The molecule has 0 aliphatic rings. The molecule has 1 atom stereocenters. The molecule has 1 aromatic rings. The number of halogens is 1. The first-order chi connectivity index (χ1) is 8.58. The van der Waals surface area contributed by atoms with Gasteiger partial charge >= 0.3 is 0 Å². The van der Waals surface area contributed by atoms with Gasteiger partial charge in [0.05, 0.1) is 12.1 Å². The van der Waals surface area contributed by atoms with Gasteiger partial charge in [-0.1, -0.05) is 17.7 Å². The summed E-state index contributed by atoms with van der Waals surface area (Å²) in [5.41, 5.74) is 0.766. The number of nitrogens with one attached hydrogen (secondary N) is 2. The minimum Gasteiger partial charge on any atom is -0.495 e. The Hall–Kier alpha value is -1.68. The highest BCUT2D eigenvalue weighted by Crippen LogP contribution is 2.27. The molecule has 0 aliphatic carbocycles. The van der Waals surface area contributed by atoms with Crippen molar-refractivity contribution in [2.45, 2.75) is 13.0 Å². The van der Waals surface area contributed by atoms with Crippen LogP contribution in [0.2, 0.25) is 5.02 Å². The van der Waals surface area contributed by atoms with Crippen LogP contribution in [0.15, 0.2) is 30.9 Å². The molecule has 0 heterocycles. The first kappa shape index (κ1) is 14.4. The van der Waals surface area contributed by atoms with E-state index in [4.69, 9.17) is 16.3 Å². The van der Waals surface area contributed by atoms with Crippen LogP contribution < -0.4 is 15.4 Å². The Balaban J connectivity index is 2.64. The number of rotatable bonds is 6. The number of methoxy groups -OCH3 is 1. The number of carbonyl (C=O) groups is 1. The zero-order valence-corrected chi connectivity index (χ0v) is 11.3. The maximum absolute atomic E-state index is 11.6. The van der Waals surface area contributed by atoms with Gasteiger partial charge in [-0.05, 0) is 25.1 Å². The molecule has 4 nitrogen and oxygen atoms in total. The average molecular weight is 269 g/mol. The van der Waals surface area contributed by atoms with E-state index in [1.165, 1.54) is 0 Å². The van der Waals surface area contributed by atoms with Gasteiger partial charge in [0.25, 0.3) is 0 Å². The van der Waals surface area contributed by atoms with Crippen LogP contribution in [0.3, 0.4) is 0 Å².